The summed E-state index contributed by atoms with van der Waals surface area (Å²) < 4.78 is 5.73. The van der Waals surface area contributed by atoms with E-state index in [9.17, 15) is 4.79 Å². The van der Waals surface area contributed by atoms with E-state index >= 15 is 0 Å². The summed E-state index contributed by atoms with van der Waals surface area (Å²) in [7, 11) is 0. The third-order valence-electron chi connectivity index (χ3n) is 3.87. The van der Waals surface area contributed by atoms with Crippen LogP contribution in [-0.4, -0.2) is 5.91 Å². The lowest BCUT2D eigenvalue weighted by Crippen LogP contribution is -2.13. The van der Waals surface area contributed by atoms with E-state index < -0.39 is 0 Å². The Labute approximate surface area is 147 Å². The summed E-state index contributed by atoms with van der Waals surface area (Å²) >= 11 is 0. The van der Waals surface area contributed by atoms with Crippen LogP contribution in [0.15, 0.2) is 72.8 Å². The summed E-state index contributed by atoms with van der Waals surface area (Å²) in [5, 5.41) is 2.88. The lowest BCUT2D eigenvalue weighted by Gasteiger charge is -2.10. The Morgan fingerprint density at radius 2 is 1.72 bits per heavy atom. The summed E-state index contributed by atoms with van der Waals surface area (Å²) in [4.78, 5) is 12.4. The Hall–Kier alpha value is -3.27. The minimum absolute atomic E-state index is 0.177. The van der Waals surface area contributed by atoms with Crippen LogP contribution in [0.4, 0.5) is 11.4 Å². The molecule has 0 saturated heterocycles. The average molecular weight is 332 g/mol. The van der Waals surface area contributed by atoms with Gasteiger partial charge < -0.3 is 15.8 Å². The minimum atomic E-state index is -0.177. The molecular formula is C21H20N2O2. The number of carbonyl (C=O) groups is 1. The molecule has 0 bridgehead atoms. The summed E-state index contributed by atoms with van der Waals surface area (Å²) in [6.45, 7) is 2.42. The molecule has 0 aliphatic heterocycles. The summed E-state index contributed by atoms with van der Waals surface area (Å²) in [5.74, 6) is 0.545. The van der Waals surface area contributed by atoms with E-state index in [1.165, 1.54) is 0 Å². The maximum atomic E-state index is 12.4. The number of rotatable bonds is 5. The van der Waals surface area contributed by atoms with Gasteiger partial charge in [-0.15, -0.1) is 0 Å². The molecular weight excluding hydrogens is 312 g/mol. The Morgan fingerprint density at radius 3 is 2.44 bits per heavy atom. The number of hydrogen-bond acceptors (Lipinski definition) is 3. The number of nitrogens with one attached hydrogen (secondary N) is 1. The summed E-state index contributed by atoms with van der Waals surface area (Å²) in [6, 6.07) is 22.5. The number of benzene rings is 3. The van der Waals surface area contributed by atoms with Crippen molar-refractivity contribution < 1.29 is 9.53 Å². The average Bonchev–Trinajstić information content (AvgIpc) is 2.64. The molecule has 0 aliphatic rings. The fraction of sp³-hybridized carbons (Fsp3) is 0.0952. The molecule has 4 heteroatoms. The smallest absolute Gasteiger partial charge is 0.255 e. The monoisotopic (exact) mass is 332 g/mol. The number of anilines is 2. The second kappa shape index (κ2) is 7.53. The predicted octanol–water partition coefficient (Wildman–Crippen LogP) is 4.41. The van der Waals surface area contributed by atoms with Crippen LogP contribution in [0.3, 0.4) is 0 Å². The number of nitrogen functional groups attached to an aromatic ring is 1. The molecule has 25 heavy (non-hydrogen) atoms. The fourth-order valence-corrected chi connectivity index (χ4v) is 2.41. The van der Waals surface area contributed by atoms with Crippen LogP contribution in [0, 0.1) is 6.92 Å². The first kappa shape index (κ1) is 16.6. The molecule has 0 radical (unpaired) electrons. The summed E-state index contributed by atoms with van der Waals surface area (Å²) in [6.07, 6.45) is 0. The van der Waals surface area contributed by atoms with E-state index in [0.717, 1.165) is 22.6 Å². The molecule has 3 N–H and O–H groups in total. The van der Waals surface area contributed by atoms with Crippen LogP contribution >= 0.6 is 0 Å². The van der Waals surface area contributed by atoms with Crippen molar-refractivity contribution in [3.8, 4) is 5.75 Å². The summed E-state index contributed by atoms with van der Waals surface area (Å²) in [5.41, 5.74) is 9.73. The van der Waals surface area contributed by atoms with E-state index in [-0.39, 0.29) is 5.91 Å². The van der Waals surface area contributed by atoms with Gasteiger partial charge in [-0.3, -0.25) is 4.79 Å². The Morgan fingerprint density at radius 1 is 1.00 bits per heavy atom. The molecule has 0 heterocycles. The highest BCUT2D eigenvalue weighted by Gasteiger charge is 2.08. The first-order chi connectivity index (χ1) is 12.1. The quantitative estimate of drug-likeness (QED) is 0.680. The first-order valence-electron chi connectivity index (χ1n) is 8.06. The number of carbonyl (C=O) groups excluding carboxylic acids is 1. The first-order valence-corrected chi connectivity index (χ1v) is 8.06. The van der Waals surface area contributed by atoms with Gasteiger partial charge in [-0.2, -0.15) is 0 Å². The second-order valence-corrected chi connectivity index (χ2v) is 5.83. The molecule has 3 rings (SSSR count). The molecule has 0 unspecified atom stereocenters. The van der Waals surface area contributed by atoms with E-state index in [0.29, 0.717) is 17.9 Å². The van der Waals surface area contributed by atoms with Crippen molar-refractivity contribution in [1.29, 1.82) is 0 Å². The molecule has 1 amide bonds. The van der Waals surface area contributed by atoms with Gasteiger partial charge in [-0.1, -0.05) is 36.4 Å². The number of hydrogen-bond donors (Lipinski definition) is 2. The van der Waals surface area contributed by atoms with Crippen LogP contribution in [0.1, 0.15) is 21.5 Å². The van der Waals surface area contributed by atoms with E-state index in [1.54, 1.807) is 30.3 Å². The van der Waals surface area contributed by atoms with Gasteiger partial charge in [0.2, 0.25) is 0 Å². The third-order valence-corrected chi connectivity index (χ3v) is 3.87. The SMILES string of the molecule is Cc1ccc(N)cc1NC(=O)c1ccc(OCc2ccccc2)cc1. The molecule has 0 fully saturated rings. The topological polar surface area (TPSA) is 64.3 Å². The standard InChI is InChI=1S/C21H20N2O2/c1-15-7-10-18(22)13-20(15)23-21(24)17-8-11-19(12-9-17)25-14-16-5-3-2-4-6-16/h2-13H,14,22H2,1H3,(H,23,24). The zero-order valence-corrected chi connectivity index (χ0v) is 14.0. The van der Waals surface area contributed by atoms with Crippen LogP contribution in [0.25, 0.3) is 0 Å². The molecule has 3 aromatic carbocycles. The molecule has 0 atom stereocenters. The minimum Gasteiger partial charge on any atom is -0.489 e. The van der Waals surface area contributed by atoms with Gasteiger partial charge in [0.1, 0.15) is 12.4 Å². The fourth-order valence-electron chi connectivity index (χ4n) is 2.41. The van der Waals surface area contributed by atoms with Gasteiger partial charge in [-0.05, 0) is 54.4 Å². The second-order valence-electron chi connectivity index (χ2n) is 5.83. The van der Waals surface area contributed by atoms with Crippen molar-refractivity contribution in [1.82, 2.24) is 0 Å². The van der Waals surface area contributed by atoms with Crippen LogP contribution in [-0.2, 0) is 6.61 Å². The Kier molecular flexibility index (Phi) is 5.00. The van der Waals surface area contributed by atoms with Crippen LogP contribution in [0.5, 0.6) is 5.75 Å². The lowest BCUT2D eigenvalue weighted by molar-refractivity contribution is 0.102. The number of aryl methyl sites for hydroxylation is 1. The van der Waals surface area contributed by atoms with Crippen molar-refractivity contribution >= 4 is 17.3 Å². The highest BCUT2D eigenvalue weighted by atomic mass is 16.5. The molecule has 4 nitrogen and oxygen atoms in total. The maximum Gasteiger partial charge on any atom is 0.255 e. The number of amides is 1. The molecule has 126 valence electrons. The van der Waals surface area contributed by atoms with Gasteiger partial charge in [0.15, 0.2) is 0 Å². The Balaban J connectivity index is 1.63. The van der Waals surface area contributed by atoms with Crippen molar-refractivity contribution in [3.63, 3.8) is 0 Å². The van der Waals surface area contributed by atoms with E-state index in [4.69, 9.17) is 10.5 Å². The highest BCUT2D eigenvalue weighted by Crippen LogP contribution is 2.20. The van der Waals surface area contributed by atoms with Gasteiger partial charge in [0.25, 0.3) is 5.91 Å². The molecule has 0 spiro atoms. The number of nitrogens with two attached hydrogens (primary N) is 1. The van der Waals surface area contributed by atoms with Gasteiger partial charge in [0.05, 0.1) is 0 Å². The maximum absolute atomic E-state index is 12.4. The zero-order chi connectivity index (χ0) is 17.6. The molecule has 0 aliphatic carbocycles. The highest BCUT2D eigenvalue weighted by molar-refractivity contribution is 6.04. The zero-order valence-electron chi connectivity index (χ0n) is 14.0. The molecule has 0 saturated carbocycles. The van der Waals surface area contributed by atoms with E-state index in [1.807, 2.05) is 49.4 Å². The van der Waals surface area contributed by atoms with E-state index in [2.05, 4.69) is 5.32 Å². The van der Waals surface area contributed by atoms with Crippen molar-refractivity contribution in [3.05, 3.63) is 89.5 Å². The van der Waals surface area contributed by atoms with Gasteiger partial charge >= 0.3 is 0 Å². The lowest BCUT2D eigenvalue weighted by atomic mass is 10.1. The van der Waals surface area contributed by atoms with Gasteiger partial charge in [0, 0.05) is 16.9 Å². The van der Waals surface area contributed by atoms with Gasteiger partial charge in [-0.25, -0.2) is 0 Å². The number of ether oxygens (including phenoxy) is 1. The largest absolute Gasteiger partial charge is 0.489 e. The predicted molar refractivity (Wildman–Crippen MR) is 101 cm³/mol. The van der Waals surface area contributed by atoms with Crippen molar-refractivity contribution in [2.45, 2.75) is 13.5 Å². The molecule has 0 aromatic heterocycles. The van der Waals surface area contributed by atoms with Crippen LogP contribution in [0.2, 0.25) is 0 Å². The van der Waals surface area contributed by atoms with Crippen molar-refractivity contribution in [2.75, 3.05) is 11.1 Å². The molecule has 3 aromatic rings. The Bertz CT molecular complexity index is 859. The third kappa shape index (κ3) is 4.38. The van der Waals surface area contributed by atoms with Crippen molar-refractivity contribution in [2.24, 2.45) is 0 Å². The van der Waals surface area contributed by atoms with Crippen LogP contribution < -0.4 is 15.8 Å². The normalized spacial score (nSPS) is 10.3.